The fourth-order valence-electron chi connectivity index (χ4n) is 8.88. The van der Waals surface area contributed by atoms with Crippen molar-refractivity contribution in [1.82, 2.24) is 4.57 Å². The average molecular weight is 716 g/mol. The molecule has 55 heavy (non-hydrogen) atoms. The van der Waals surface area contributed by atoms with Gasteiger partial charge in [-0.1, -0.05) is 179 Å². The van der Waals surface area contributed by atoms with E-state index >= 15 is 0 Å². The molecular formula is C54H53N. The van der Waals surface area contributed by atoms with Gasteiger partial charge in [0.25, 0.3) is 0 Å². The molecule has 0 N–H and O–H groups in total. The summed E-state index contributed by atoms with van der Waals surface area (Å²) in [6, 6.07) is 50.7. The highest BCUT2D eigenvalue weighted by molar-refractivity contribution is 6.10. The summed E-state index contributed by atoms with van der Waals surface area (Å²) in [6.45, 7) is 17.4. The van der Waals surface area contributed by atoms with Gasteiger partial charge in [-0.15, -0.1) is 0 Å². The van der Waals surface area contributed by atoms with Crippen molar-refractivity contribution in [3.8, 4) is 27.9 Å². The number of hydrogen-bond donors (Lipinski definition) is 0. The molecule has 0 radical (unpaired) electrons. The van der Waals surface area contributed by atoms with Crippen molar-refractivity contribution in [3.05, 3.63) is 198 Å². The number of allylic oxidation sites excluding steroid dienone is 5. The first-order valence-electron chi connectivity index (χ1n) is 20.1. The second-order valence-electron chi connectivity index (χ2n) is 16.4. The normalized spacial score (nSPS) is 18.2. The minimum absolute atomic E-state index is 0.0876. The molecule has 6 aromatic carbocycles. The Hall–Kier alpha value is -5.66. The van der Waals surface area contributed by atoms with Gasteiger partial charge < -0.3 is 4.57 Å². The van der Waals surface area contributed by atoms with Gasteiger partial charge in [0, 0.05) is 27.3 Å². The molecule has 7 aromatic rings. The van der Waals surface area contributed by atoms with Crippen molar-refractivity contribution in [2.45, 2.75) is 66.2 Å². The van der Waals surface area contributed by atoms with Crippen LogP contribution in [-0.2, 0) is 11.8 Å². The Labute approximate surface area is 328 Å². The summed E-state index contributed by atoms with van der Waals surface area (Å²) < 4.78 is 2.35. The molecule has 3 aliphatic rings. The van der Waals surface area contributed by atoms with Crippen LogP contribution in [0.2, 0.25) is 0 Å². The lowest BCUT2D eigenvalue weighted by atomic mass is 9.81. The predicted molar refractivity (Wildman–Crippen MR) is 237 cm³/mol. The van der Waals surface area contributed by atoms with Crippen LogP contribution >= 0.6 is 0 Å². The molecule has 1 heterocycles. The predicted octanol–water partition coefficient (Wildman–Crippen LogP) is 14.8. The van der Waals surface area contributed by atoms with Gasteiger partial charge in [-0.2, -0.15) is 0 Å². The Morgan fingerprint density at radius 2 is 1.35 bits per heavy atom. The number of hydrogen-bond acceptors (Lipinski definition) is 0. The van der Waals surface area contributed by atoms with Gasteiger partial charge in [-0.05, 0) is 107 Å². The summed E-state index contributed by atoms with van der Waals surface area (Å²) in [7, 11) is 0. The fraction of sp³-hybridized carbons (Fsp3) is 0.222. The summed E-state index contributed by atoms with van der Waals surface area (Å²) >= 11 is 0. The van der Waals surface area contributed by atoms with Crippen molar-refractivity contribution in [2.24, 2.45) is 11.3 Å². The second-order valence-corrected chi connectivity index (χ2v) is 16.4. The summed E-state index contributed by atoms with van der Waals surface area (Å²) in [5.74, 6) is 0.676. The number of nitrogens with zero attached hydrogens (tertiary/aromatic N) is 1. The number of rotatable bonds is 5. The lowest BCUT2D eigenvalue weighted by Crippen LogP contribution is -2.15. The minimum atomic E-state index is 0.0876. The van der Waals surface area contributed by atoms with Gasteiger partial charge in [0.2, 0.25) is 0 Å². The molecule has 1 saturated carbocycles. The first-order valence-corrected chi connectivity index (χ1v) is 20.1. The van der Waals surface area contributed by atoms with Crippen LogP contribution in [0.1, 0.15) is 69.7 Å². The molecule has 1 nitrogen and oxygen atoms in total. The van der Waals surface area contributed by atoms with E-state index in [1.807, 2.05) is 0 Å². The van der Waals surface area contributed by atoms with Crippen LogP contribution in [0, 0.1) is 18.3 Å². The molecule has 1 fully saturated rings. The molecule has 10 rings (SSSR count). The highest BCUT2D eigenvalue weighted by atomic mass is 15.0. The van der Waals surface area contributed by atoms with Gasteiger partial charge in [0.15, 0.2) is 0 Å². The highest BCUT2D eigenvalue weighted by Gasteiger charge is 2.52. The third kappa shape index (κ3) is 6.61. The molecule has 0 amide bonds. The monoisotopic (exact) mass is 715 g/mol. The quantitative estimate of drug-likeness (QED) is 0.156. The summed E-state index contributed by atoms with van der Waals surface area (Å²) in [4.78, 5) is 0. The zero-order valence-corrected chi connectivity index (χ0v) is 33.4. The Balaban J connectivity index is 0.000000145. The molecule has 0 aliphatic heterocycles. The van der Waals surface area contributed by atoms with Gasteiger partial charge in [-0.25, -0.2) is 0 Å². The standard InChI is InChI=1S/C26H26.C25H19N.C3H8/c1-17(2)26-12-11-19(14-20(26)16-26)13-18-9-10-22-21-7-5-6-8-23(21)25(3,4)24(22)15-18;1-18-11-13-19(14-12-18)20-15-16-25-23(17-20)22-9-5-6-10-24(22)26(25)21-7-3-2-4-8-21;1-3-2/h5-12,14-15,20H,1,13,16H2,2-4H3;2-17H,1H3;3H2,1-2H3. The summed E-state index contributed by atoms with van der Waals surface area (Å²) in [5.41, 5.74) is 17.8. The van der Waals surface area contributed by atoms with E-state index in [0.717, 1.165) is 6.42 Å². The van der Waals surface area contributed by atoms with Crippen molar-refractivity contribution in [3.63, 3.8) is 0 Å². The van der Waals surface area contributed by atoms with Gasteiger partial charge in [-0.3, -0.25) is 0 Å². The van der Waals surface area contributed by atoms with Crippen molar-refractivity contribution in [1.29, 1.82) is 0 Å². The number of fused-ring (bicyclic) bond motifs is 7. The van der Waals surface area contributed by atoms with E-state index in [4.69, 9.17) is 0 Å². The lowest BCUT2D eigenvalue weighted by Gasteiger charge is -2.22. The molecule has 0 spiro atoms. The lowest BCUT2D eigenvalue weighted by molar-refractivity contribution is 0.659. The van der Waals surface area contributed by atoms with Crippen molar-refractivity contribution < 1.29 is 0 Å². The SMILES string of the molecule is C=C(C)C12C=CC(Cc3ccc4c(c3)C(C)(C)c3ccccc3-4)=CC1C2.CCC.Cc1ccc(-c2ccc3c(c2)c2ccccc2n3-c2ccccc2)cc1. The van der Waals surface area contributed by atoms with E-state index in [-0.39, 0.29) is 10.8 Å². The fourth-order valence-corrected chi connectivity index (χ4v) is 8.88. The second kappa shape index (κ2) is 14.5. The smallest absolute Gasteiger partial charge is 0.0541 e. The summed E-state index contributed by atoms with van der Waals surface area (Å²) in [5, 5.41) is 2.59. The molecule has 1 aromatic heterocycles. The van der Waals surface area contributed by atoms with Crippen LogP contribution in [0.25, 0.3) is 49.7 Å². The van der Waals surface area contributed by atoms with Crippen LogP contribution in [-0.4, -0.2) is 4.57 Å². The van der Waals surface area contributed by atoms with Crippen LogP contribution in [0.15, 0.2) is 175 Å². The zero-order valence-electron chi connectivity index (χ0n) is 33.4. The Kier molecular flexibility index (Phi) is 9.60. The molecular weight excluding hydrogens is 663 g/mol. The largest absolute Gasteiger partial charge is 0.309 e. The van der Waals surface area contributed by atoms with Crippen LogP contribution < -0.4 is 0 Å². The number of aryl methyl sites for hydroxylation is 1. The van der Waals surface area contributed by atoms with E-state index in [1.165, 1.54) is 96.0 Å². The maximum Gasteiger partial charge on any atom is 0.0541 e. The van der Waals surface area contributed by atoms with Crippen molar-refractivity contribution >= 4 is 21.8 Å². The maximum absolute atomic E-state index is 4.20. The molecule has 1 heteroatoms. The highest BCUT2D eigenvalue weighted by Crippen LogP contribution is 2.61. The van der Waals surface area contributed by atoms with E-state index in [0.29, 0.717) is 5.92 Å². The number of aromatic nitrogens is 1. The Morgan fingerprint density at radius 3 is 2.09 bits per heavy atom. The van der Waals surface area contributed by atoms with E-state index < -0.39 is 0 Å². The summed E-state index contributed by atoms with van der Waals surface area (Å²) in [6.07, 6.45) is 10.8. The number of para-hydroxylation sites is 2. The topological polar surface area (TPSA) is 4.93 Å². The molecule has 2 atom stereocenters. The zero-order chi connectivity index (χ0) is 38.3. The van der Waals surface area contributed by atoms with E-state index in [2.05, 4.69) is 210 Å². The first kappa shape index (κ1) is 36.3. The van der Waals surface area contributed by atoms with Crippen LogP contribution in [0.4, 0.5) is 0 Å². The molecule has 0 bridgehead atoms. The average Bonchev–Trinajstić information content (AvgIpc) is 3.80. The van der Waals surface area contributed by atoms with Gasteiger partial charge in [0.05, 0.1) is 11.0 Å². The van der Waals surface area contributed by atoms with Gasteiger partial charge in [0.1, 0.15) is 0 Å². The third-order valence-electron chi connectivity index (χ3n) is 12.0. The van der Waals surface area contributed by atoms with Crippen LogP contribution in [0.5, 0.6) is 0 Å². The molecule has 0 saturated heterocycles. The Morgan fingerprint density at radius 1 is 0.691 bits per heavy atom. The van der Waals surface area contributed by atoms with Crippen LogP contribution in [0.3, 0.4) is 0 Å². The van der Waals surface area contributed by atoms with Crippen molar-refractivity contribution in [2.75, 3.05) is 0 Å². The van der Waals surface area contributed by atoms with E-state index in [9.17, 15) is 0 Å². The Bertz CT molecular complexity index is 2590. The van der Waals surface area contributed by atoms with Gasteiger partial charge >= 0.3 is 0 Å². The maximum atomic E-state index is 4.20. The molecule has 2 unspecified atom stereocenters. The van der Waals surface area contributed by atoms with E-state index in [1.54, 1.807) is 0 Å². The molecule has 274 valence electrons. The number of benzene rings is 6. The molecule has 3 aliphatic carbocycles. The third-order valence-corrected chi connectivity index (χ3v) is 12.0. The first-order chi connectivity index (χ1) is 26.6. The minimum Gasteiger partial charge on any atom is -0.309 e.